The van der Waals surface area contributed by atoms with E-state index in [1.165, 1.54) is 10.9 Å². The number of nitrogen functional groups attached to an aromatic ring is 1. The number of rotatable bonds is 15. The van der Waals surface area contributed by atoms with Gasteiger partial charge in [0.2, 0.25) is 0 Å². The molecule has 10 atom stereocenters. The van der Waals surface area contributed by atoms with E-state index in [2.05, 4.69) is 28.3 Å². The molecule has 2 aliphatic heterocycles. The first-order chi connectivity index (χ1) is 19.8. The molecule has 42 heavy (non-hydrogen) atoms. The summed E-state index contributed by atoms with van der Waals surface area (Å²) >= 11 is 0. The number of ether oxygens (including phenoxy) is 3. The highest BCUT2D eigenvalue weighted by molar-refractivity contribution is 7.59. The predicted octanol–water partition coefficient (Wildman–Crippen LogP) is -1.94. The number of aliphatic hydroxyl groups is 4. The number of imidazole rings is 1. The van der Waals surface area contributed by atoms with Crippen LogP contribution >= 0.6 is 15.6 Å². The molecule has 0 aromatic carbocycles. The molecule has 2 unspecified atom stereocenters. The molecule has 2 aromatic rings. The third-order valence-electron chi connectivity index (χ3n) is 6.59. The van der Waals surface area contributed by atoms with Gasteiger partial charge in [0.15, 0.2) is 24.0 Å². The lowest BCUT2D eigenvalue weighted by Gasteiger charge is -2.32. The van der Waals surface area contributed by atoms with Crippen molar-refractivity contribution in [3.05, 3.63) is 12.7 Å². The van der Waals surface area contributed by atoms with Crippen molar-refractivity contribution in [2.45, 2.75) is 81.7 Å². The van der Waals surface area contributed by atoms with Crippen LogP contribution < -0.4 is 15.5 Å². The van der Waals surface area contributed by atoms with Gasteiger partial charge < -0.3 is 59.2 Å². The van der Waals surface area contributed by atoms with Crippen molar-refractivity contribution in [2.24, 2.45) is 0 Å². The SMILES string of the molecule is CCCCCCO[C@@H]1O[C@H](COP(=O)([O-])OP(=O)([O-])OC[C@H]2O[C@@H](n3cnc4c(N)ncnc43)[C@H](O)[C@@H]2O)[C@@H](O)[C@H]1O. The van der Waals surface area contributed by atoms with Gasteiger partial charge >= 0.3 is 0 Å². The minimum absolute atomic E-state index is 0.0523. The molecule has 0 radical (unpaired) electrons. The summed E-state index contributed by atoms with van der Waals surface area (Å²) < 4.78 is 54.9. The van der Waals surface area contributed by atoms with Crippen LogP contribution in [0.5, 0.6) is 0 Å². The van der Waals surface area contributed by atoms with Crippen LogP contribution in [0, 0.1) is 0 Å². The highest BCUT2D eigenvalue weighted by Gasteiger charge is 2.46. The van der Waals surface area contributed by atoms with Crippen LogP contribution in [0.3, 0.4) is 0 Å². The smallest absolute Gasteiger partial charge is 0.274 e. The number of aliphatic hydroxyl groups excluding tert-OH is 4. The van der Waals surface area contributed by atoms with E-state index >= 15 is 0 Å². The van der Waals surface area contributed by atoms with Gasteiger partial charge in [0.05, 0.1) is 19.5 Å². The Balaban J connectivity index is 1.26. The summed E-state index contributed by atoms with van der Waals surface area (Å²) in [4.78, 5) is 36.2. The molecular formula is C21H33N5O14P2-2. The van der Waals surface area contributed by atoms with E-state index in [4.69, 9.17) is 19.9 Å². The first-order valence-corrected chi connectivity index (χ1v) is 16.0. The summed E-state index contributed by atoms with van der Waals surface area (Å²) in [6.07, 6.45) is -5.75. The zero-order chi connectivity index (χ0) is 30.7. The fourth-order valence-corrected chi connectivity index (χ4v) is 6.39. The fourth-order valence-electron chi connectivity index (χ4n) is 4.37. The van der Waals surface area contributed by atoms with Crippen LogP contribution in [0.25, 0.3) is 11.2 Å². The highest BCUT2D eigenvalue weighted by atomic mass is 31.3. The second kappa shape index (κ2) is 14.0. The number of phosphoric acid groups is 2. The van der Waals surface area contributed by atoms with E-state index in [1.54, 1.807) is 0 Å². The van der Waals surface area contributed by atoms with Crippen LogP contribution in [0.15, 0.2) is 12.7 Å². The average molecular weight is 641 g/mol. The number of nitrogens with two attached hydrogens (primary N) is 1. The van der Waals surface area contributed by atoms with Gasteiger partial charge in [-0.1, -0.05) is 26.2 Å². The lowest BCUT2D eigenvalue weighted by Crippen LogP contribution is -2.35. The van der Waals surface area contributed by atoms with Crippen molar-refractivity contribution in [3.8, 4) is 0 Å². The van der Waals surface area contributed by atoms with Gasteiger partial charge in [0, 0.05) is 6.61 Å². The quantitative estimate of drug-likeness (QED) is 0.104. The van der Waals surface area contributed by atoms with Gasteiger partial charge in [-0.05, 0) is 6.42 Å². The van der Waals surface area contributed by atoms with E-state index in [0.29, 0.717) is 6.42 Å². The molecule has 0 saturated carbocycles. The molecule has 19 nitrogen and oxygen atoms in total. The normalized spacial score (nSPS) is 32.7. The maximum atomic E-state index is 12.2. The van der Waals surface area contributed by atoms with Crippen molar-refractivity contribution in [3.63, 3.8) is 0 Å². The van der Waals surface area contributed by atoms with Crippen molar-refractivity contribution in [1.29, 1.82) is 0 Å². The number of hydrogen-bond acceptors (Lipinski definition) is 18. The standard InChI is InChI=1S/C21H35N5O14P2/c1-2-3-4-5-6-35-21-17(30)15(28)12(39-21)8-37-42(33,34)40-41(31,32)36-7-11-14(27)16(29)20(38-11)26-10-25-13-18(22)23-9-24-19(13)26/h9-12,14-17,20-21,27-30H,2-8H2,1H3,(H,31,32)(H,33,34)(H2,22,23,24)/p-2/t11-,12-,14-,15-,16-,17-,20-,21-/m1/s1. The van der Waals surface area contributed by atoms with Crippen LogP contribution in [0.2, 0.25) is 0 Å². The molecule has 2 aromatic heterocycles. The summed E-state index contributed by atoms with van der Waals surface area (Å²) in [5.74, 6) is 0.0523. The molecule has 0 spiro atoms. The average Bonchev–Trinajstić information content (AvgIpc) is 3.56. The molecule has 2 saturated heterocycles. The number of hydrogen-bond donors (Lipinski definition) is 5. The number of anilines is 1. The summed E-state index contributed by atoms with van der Waals surface area (Å²) in [5.41, 5.74) is 6.10. The van der Waals surface area contributed by atoms with Gasteiger partial charge in [-0.3, -0.25) is 13.7 Å². The zero-order valence-corrected chi connectivity index (χ0v) is 24.1. The minimum Gasteiger partial charge on any atom is -0.756 e. The number of phosphoric ester groups is 2. The third-order valence-corrected chi connectivity index (χ3v) is 9.12. The lowest BCUT2D eigenvalue weighted by molar-refractivity contribution is -0.247. The molecule has 6 N–H and O–H groups in total. The van der Waals surface area contributed by atoms with E-state index in [0.717, 1.165) is 25.6 Å². The summed E-state index contributed by atoms with van der Waals surface area (Å²) in [6.45, 7) is 0.420. The highest BCUT2D eigenvalue weighted by Crippen LogP contribution is 2.56. The van der Waals surface area contributed by atoms with Crippen molar-refractivity contribution >= 4 is 32.6 Å². The third kappa shape index (κ3) is 7.88. The summed E-state index contributed by atoms with van der Waals surface area (Å²) in [5, 5.41) is 41.0. The number of nitrogens with zero attached hydrogens (tertiary/aromatic N) is 4. The Morgan fingerprint density at radius 1 is 0.929 bits per heavy atom. The van der Waals surface area contributed by atoms with Crippen molar-refractivity contribution < 1.29 is 66.9 Å². The summed E-state index contributed by atoms with van der Waals surface area (Å²) in [6, 6.07) is 0. The maximum absolute atomic E-state index is 12.2. The van der Waals surface area contributed by atoms with Gasteiger partial charge in [-0.25, -0.2) is 19.3 Å². The zero-order valence-electron chi connectivity index (χ0n) is 22.4. The Bertz CT molecular complexity index is 1290. The largest absolute Gasteiger partial charge is 0.756 e. The molecule has 238 valence electrons. The van der Waals surface area contributed by atoms with Crippen molar-refractivity contribution in [2.75, 3.05) is 25.6 Å². The van der Waals surface area contributed by atoms with E-state index < -0.39 is 78.0 Å². The molecule has 0 amide bonds. The number of aromatic nitrogens is 4. The minimum atomic E-state index is -5.62. The Morgan fingerprint density at radius 2 is 1.57 bits per heavy atom. The monoisotopic (exact) mass is 641 g/mol. The Morgan fingerprint density at radius 3 is 2.24 bits per heavy atom. The second-order valence-electron chi connectivity index (χ2n) is 9.65. The molecule has 2 fully saturated rings. The Kier molecular flexibility index (Phi) is 11.0. The molecule has 0 aliphatic carbocycles. The van der Waals surface area contributed by atoms with Gasteiger partial charge in [-0.2, -0.15) is 0 Å². The second-order valence-corrected chi connectivity index (χ2v) is 12.6. The first kappa shape index (κ1) is 33.2. The van der Waals surface area contributed by atoms with Crippen LogP contribution in [0.1, 0.15) is 38.8 Å². The predicted molar refractivity (Wildman–Crippen MR) is 135 cm³/mol. The lowest BCUT2D eigenvalue weighted by atomic mass is 10.1. The van der Waals surface area contributed by atoms with Gasteiger partial charge in [0.25, 0.3) is 15.6 Å². The maximum Gasteiger partial charge on any atom is 0.274 e. The molecule has 2 aliphatic rings. The molecule has 21 heteroatoms. The molecule has 0 bridgehead atoms. The number of fused-ring (bicyclic) bond motifs is 1. The topological polar surface area (TPSA) is 286 Å². The molecule has 4 rings (SSSR count). The molecular weight excluding hydrogens is 608 g/mol. The number of unbranched alkanes of at least 4 members (excludes halogenated alkanes) is 3. The van der Waals surface area contributed by atoms with E-state index in [9.17, 15) is 39.3 Å². The van der Waals surface area contributed by atoms with Crippen molar-refractivity contribution in [1.82, 2.24) is 19.5 Å². The Hall–Kier alpha value is -1.67. The van der Waals surface area contributed by atoms with Crippen LogP contribution in [-0.4, -0.2) is 103 Å². The molecule has 4 heterocycles. The Labute approximate surface area is 239 Å². The van der Waals surface area contributed by atoms with Crippen LogP contribution in [-0.2, 0) is 36.7 Å². The van der Waals surface area contributed by atoms with Crippen LogP contribution in [0.4, 0.5) is 5.82 Å². The first-order valence-electron chi connectivity index (χ1n) is 13.0. The fraction of sp³-hybridized carbons (Fsp3) is 0.762. The summed E-state index contributed by atoms with van der Waals surface area (Å²) in [7, 11) is -11.2. The van der Waals surface area contributed by atoms with E-state index in [-0.39, 0.29) is 23.6 Å². The van der Waals surface area contributed by atoms with Gasteiger partial charge in [-0.15, -0.1) is 0 Å². The van der Waals surface area contributed by atoms with Gasteiger partial charge in [0.1, 0.15) is 48.5 Å². The van der Waals surface area contributed by atoms with E-state index in [1.807, 2.05) is 6.92 Å².